The van der Waals surface area contributed by atoms with Gasteiger partial charge in [0.25, 0.3) is 0 Å². The van der Waals surface area contributed by atoms with Crippen molar-refractivity contribution in [1.82, 2.24) is 10.2 Å². The van der Waals surface area contributed by atoms with Crippen molar-refractivity contribution < 1.29 is 19.8 Å². The number of rotatable bonds is 6. The molecule has 15 heavy (non-hydrogen) atoms. The molecule has 1 rings (SSSR count). The fourth-order valence-electron chi connectivity index (χ4n) is 1.57. The zero-order valence-corrected chi connectivity index (χ0v) is 8.48. The second-order valence-corrected chi connectivity index (χ2v) is 3.55. The highest BCUT2D eigenvalue weighted by Gasteiger charge is 2.33. The van der Waals surface area contributed by atoms with Gasteiger partial charge >= 0.3 is 5.97 Å². The monoisotopic (exact) mass is 216 g/mol. The van der Waals surface area contributed by atoms with E-state index in [2.05, 4.69) is 5.32 Å². The average Bonchev–Trinajstić information content (AvgIpc) is 2.55. The Labute approximate surface area is 87.9 Å². The third-order valence-corrected chi connectivity index (χ3v) is 2.41. The summed E-state index contributed by atoms with van der Waals surface area (Å²) >= 11 is 0. The normalized spacial score (nSPS) is 21.0. The third kappa shape index (κ3) is 3.49. The predicted octanol–water partition coefficient (Wildman–Crippen LogP) is -1.50. The molecule has 6 nitrogen and oxygen atoms in total. The van der Waals surface area contributed by atoms with Crippen LogP contribution < -0.4 is 5.32 Å². The van der Waals surface area contributed by atoms with Crippen molar-refractivity contribution in [1.29, 1.82) is 0 Å². The SMILES string of the molecule is O=C(O)C1CC(=O)N(CCNCCO)C1. The number of hydrogen-bond acceptors (Lipinski definition) is 4. The second kappa shape index (κ2) is 5.67. The number of aliphatic carboxylic acids is 1. The number of hydrogen-bond donors (Lipinski definition) is 3. The molecule has 1 amide bonds. The fourth-order valence-corrected chi connectivity index (χ4v) is 1.57. The van der Waals surface area contributed by atoms with E-state index in [-0.39, 0.29) is 18.9 Å². The molecule has 1 saturated heterocycles. The summed E-state index contributed by atoms with van der Waals surface area (Å²) in [6, 6.07) is 0. The minimum absolute atomic E-state index is 0.0612. The van der Waals surface area contributed by atoms with Gasteiger partial charge in [-0.2, -0.15) is 0 Å². The Kier molecular flexibility index (Phi) is 4.51. The molecule has 1 fully saturated rings. The van der Waals surface area contributed by atoms with Crippen LogP contribution in [0.2, 0.25) is 0 Å². The van der Waals surface area contributed by atoms with Gasteiger partial charge in [0.15, 0.2) is 0 Å². The predicted molar refractivity (Wildman–Crippen MR) is 52.3 cm³/mol. The molecule has 1 heterocycles. The first-order valence-corrected chi connectivity index (χ1v) is 4.97. The number of nitrogens with one attached hydrogen (secondary N) is 1. The minimum Gasteiger partial charge on any atom is -0.481 e. The van der Waals surface area contributed by atoms with E-state index in [9.17, 15) is 9.59 Å². The van der Waals surface area contributed by atoms with Crippen LogP contribution in [-0.4, -0.2) is 59.8 Å². The van der Waals surface area contributed by atoms with Gasteiger partial charge in [-0.05, 0) is 0 Å². The first-order valence-electron chi connectivity index (χ1n) is 4.97. The summed E-state index contributed by atoms with van der Waals surface area (Å²) in [6.07, 6.45) is 0.106. The van der Waals surface area contributed by atoms with Crippen molar-refractivity contribution in [2.45, 2.75) is 6.42 Å². The van der Waals surface area contributed by atoms with Crippen molar-refractivity contribution in [2.75, 3.05) is 32.8 Å². The molecule has 6 heteroatoms. The highest BCUT2D eigenvalue weighted by molar-refractivity contribution is 5.86. The van der Waals surface area contributed by atoms with E-state index >= 15 is 0 Å². The summed E-state index contributed by atoms with van der Waals surface area (Å²) in [7, 11) is 0. The average molecular weight is 216 g/mol. The summed E-state index contributed by atoms with van der Waals surface area (Å²) in [5, 5.41) is 20.2. The lowest BCUT2D eigenvalue weighted by atomic mass is 10.1. The molecule has 0 aliphatic carbocycles. The minimum atomic E-state index is -0.908. The fraction of sp³-hybridized carbons (Fsp3) is 0.778. The van der Waals surface area contributed by atoms with Gasteiger partial charge < -0.3 is 20.4 Å². The largest absolute Gasteiger partial charge is 0.481 e. The number of aliphatic hydroxyl groups excluding tert-OH is 1. The molecule has 0 radical (unpaired) electrons. The van der Waals surface area contributed by atoms with Crippen molar-refractivity contribution in [3.05, 3.63) is 0 Å². The Balaban J connectivity index is 2.25. The van der Waals surface area contributed by atoms with Gasteiger partial charge in [0, 0.05) is 32.6 Å². The number of carboxylic acid groups (broad SMARTS) is 1. The standard InChI is InChI=1S/C9H16N2O4/c12-4-2-10-1-3-11-6-7(9(14)15)5-8(11)13/h7,10,12H,1-6H2,(H,14,15). The van der Waals surface area contributed by atoms with E-state index in [0.29, 0.717) is 26.2 Å². The molecule has 0 bridgehead atoms. The summed E-state index contributed by atoms with van der Waals surface area (Å²) in [6.45, 7) is 1.94. The third-order valence-electron chi connectivity index (χ3n) is 2.41. The molecule has 86 valence electrons. The summed E-state index contributed by atoms with van der Waals surface area (Å²) in [4.78, 5) is 23.5. The topological polar surface area (TPSA) is 89.9 Å². The number of carbonyl (C=O) groups excluding carboxylic acids is 1. The zero-order chi connectivity index (χ0) is 11.3. The number of carboxylic acids is 1. The Morgan fingerprint density at radius 1 is 1.53 bits per heavy atom. The van der Waals surface area contributed by atoms with E-state index in [1.165, 1.54) is 0 Å². The van der Waals surface area contributed by atoms with Gasteiger partial charge in [0.1, 0.15) is 0 Å². The maximum absolute atomic E-state index is 11.3. The maximum atomic E-state index is 11.3. The number of aliphatic hydroxyl groups is 1. The first-order chi connectivity index (χ1) is 7.15. The molecule has 1 aliphatic heterocycles. The summed E-state index contributed by atoms with van der Waals surface area (Å²) < 4.78 is 0. The Hall–Kier alpha value is -1.14. The molecule has 3 N–H and O–H groups in total. The van der Waals surface area contributed by atoms with E-state index in [4.69, 9.17) is 10.2 Å². The van der Waals surface area contributed by atoms with Crippen LogP contribution in [0.4, 0.5) is 0 Å². The number of carbonyl (C=O) groups is 2. The van der Waals surface area contributed by atoms with E-state index < -0.39 is 11.9 Å². The summed E-state index contributed by atoms with van der Waals surface area (Å²) in [5.41, 5.74) is 0. The Morgan fingerprint density at radius 3 is 2.80 bits per heavy atom. The molecule has 0 aromatic carbocycles. The number of nitrogens with zero attached hydrogens (tertiary/aromatic N) is 1. The first kappa shape index (κ1) is 11.9. The zero-order valence-electron chi connectivity index (χ0n) is 8.48. The lowest BCUT2D eigenvalue weighted by molar-refractivity contribution is -0.141. The van der Waals surface area contributed by atoms with Crippen LogP contribution in [-0.2, 0) is 9.59 Å². The maximum Gasteiger partial charge on any atom is 0.308 e. The second-order valence-electron chi connectivity index (χ2n) is 3.55. The lowest BCUT2D eigenvalue weighted by Crippen LogP contribution is -2.34. The summed E-state index contributed by atoms with van der Waals surface area (Å²) in [5.74, 6) is -1.57. The Bertz CT molecular complexity index is 244. The van der Waals surface area contributed by atoms with Crippen LogP contribution in [0.15, 0.2) is 0 Å². The van der Waals surface area contributed by atoms with Gasteiger partial charge in [0.05, 0.1) is 12.5 Å². The van der Waals surface area contributed by atoms with Crippen molar-refractivity contribution in [3.8, 4) is 0 Å². The molecule has 1 atom stereocenters. The van der Waals surface area contributed by atoms with Crippen molar-refractivity contribution in [3.63, 3.8) is 0 Å². The quantitative estimate of drug-likeness (QED) is 0.470. The molecule has 0 aromatic heterocycles. The van der Waals surface area contributed by atoms with Gasteiger partial charge in [-0.25, -0.2) is 0 Å². The molecular formula is C9H16N2O4. The van der Waals surface area contributed by atoms with Gasteiger partial charge in [-0.1, -0.05) is 0 Å². The van der Waals surface area contributed by atoms with Gasteiger partial charge in [-0.15, -0.1) is 0 Å². The van der Waals surface area contributed by atoms with Gasteiger partial charge in [-0.3, -0.25) is 9.59 Å². The highest BCUT2D eigenvalue weighted by atomic mass is 16.4. The van der Waals surface area contributed by atoms with E-state index in [1.807, 2.05) is 0 Å². The van der Waals surface area contributed by atoms with Crippen LogP contribution in [0.1, 0.15) is 6.42 Å². The van der Waals surface area contributed by atoms with Crippen molar-refractivity contribution in [2.24, 2.45) is 5.92 Å². The lowest BCUT2D eigenvalue weighted by Gasteiger charge is -2.15. The van der Waals surface area contributed by atoms with Crippen LogP contribution in [0.3, 0.4) is 0 Å². The molecule has 0 spiro atoms. The molecule has 1 unspecified atom stereocenters. The van der Waals surface area contributed by atoms with Crippen LogP contribution in [0.25, 0.3) is 0 Å². The number of likely N-dealkylation sites (tertiary alicyclic amines) is 1. The van der Waals surface area contributed by atoms with Crippen LogP contribution in [0, 0.1) is 5.92 Å². The molecule has 0 aromatic rings. The van der Waals surface area contributed by atoms with E-state index in [1.54, 1.807) is 4.90 Å². The highest BCUT2D eigenvalue weighted by Crippen LogP contribution is 2.16. The van der Waals surface area contributed by atoms with Gasteiger partial charge in [0.2, 0.25) is 5.91 Å². The molecular weight excluding hydrogens is 200 g/mol. The Morgan fingerprint density at radius 2 is 2.27 bits per heavy atom. The van der Waals surface area contributed by atoms with Crippen LogP contribution in [0.5, 0.6) is 0 Å². The number of amides is 1. The van der Waals surface area contributed by atoms with Crippen LogP contribution >= 0.6 is 0 Å². The molecule has 0 saturated carbocycles. The molecule has 1 aliphatic rings. The van der Waals surface area contributed by atoms with Crippen molar-refractivity contribution >= 4 is 11.9 Å². The smallest absolute Gasteiger partial charge is 0.308 e. The van der Waals surface area contributed by atoms with E-state index in [0.717, 1.165) is 0 Å².